The van der Waals surface area contributed by atoms with Crippen LogP contribution in [0.2, 0.25) is 0 Å². The average molecular weight is 225 g/mol. The minimum atomic E-state index is -0.374. The molecule has 0 radical (unpaired) electrons. The molecule has 2 rings (SSSR count). The number of hydrogen-bond donors (Lipinski definition) is 1. The van der Waals surface area contributed by atoms with E-state index in [-0.39, 0.29) is 11.6 Å². The van der Waals surface area contributed by atoms with Crippen LogP contribution in [0.4, 0.5) is 10.2 Å². The molecule has 1 N–H and O–H groups in total. The Morgan fingerprint density at radius 2 is 1.94 bits per heavy atom. The Morgan fingerprint density at radius 1 is 1.25 bits per heavy atom. The van der Waals surface area contributed by atoms with E-state index in [2.05, 4.69) is 27.3 Å². The maximum absolute atomic E-state index is 13.6. The van der Waals surface area contributed by atoms with Gasteiger partial charge in [0, 0.05) is 26.2 Å². The molecule has 1 aliphatic heterocycles. The highest BCUT2D eigenvalue weighted by Crippen LogP contribution is 2.13. The van der Waals surface area contributed by atoms with Crippen molar-refractivity contribution < 1.29 is 4.39 Å². The molecule has 5 nitrogen and oxygen atoms in total. The minimum Gasteiger partial charge on any atom is -0.304 e. The summed E-state index contributed by atoms with van der Waals surface area (Å²) in [5.74, 6) is -0.113. The van der Waals surface area contributed by atoms with E-state index in [0.29, 0.717) is 5.69 Å². The highest BCUT2D eigenvalue weighted by Gasteiger charge is 2.16. The topological polar surface area (TPSA) is 44.3 Å². The molecule has 88 valence electrons. The molecule has 1 aliphatic rings. The van der Waals surface area contributed by atoms with Gasteiger partial charge in [-0.25, -0.2) is 19.4 Å². The lowest BCUT2D eigenvalue weighted by atomic mass is 10.4. The lowest BCUT2D eigenvalue weighted by molar-refractivity contribution is 0.178. The van der Waals surface area contributed by atoms with Gasteiger partial charge in [0.25, 0.3) is 0 Å². The molecule has 1 saturated heterocycles. The van der Waals surface area contributed by atoms with E-state index in [1.54, 1.807) is 6.92 Å². The molecule has 16 heavy (non-hydrogen) atoms. The van der Waals surface area contributed by atoms with Crippen molar-refractivity contribution in [2.75, 3.05) is 38.7 Å². The molecule has 1 aromatic rings. The third-order valence-corrected chi connectivity index (χ3v) is 2.73. The van der Waals surface area contributed by atoms with Gasteiger partial charge in [-0.3, -0.25) is 0 Å². The number of hydrogen-bond acceptors (Lipinski definition) is 5. The molecule has 2 heterocycles. The van der Waals surface area contributed by atoms with Crippen LogP contribution in [0.3, 0.4) is 0 Å². The van der Waals surface area contributed by atoms with Gasteiger partial charge in [-0.1, -0.05) is 0 Å². The smallest absolute Gasteiger partial charge is 0.187 e. The van der Waals surface area contributed by atoms with Crippen LogP contribution >= 0.6 is 0 Å². The van der Waals surface area contributed by atoms with Crippen molar-refractivity contribution in [2.45, 2.75) is 6.92 Å². The van der Waals surface area contributed by atoms with Gasteiger partial charge in [0.15, 0.2) is 11.6 Å². The van der Waals surface area contributed by atoms with Gasteiger partial charge < -0.3 is 10.3 Å². The van der Waals surface area contributed by atoms with Crippen LogP contribution in [0.25, 0.3) is 0 Å². The first kappa shape index (κ1) is 11.2. The molecule has 6 heteroatoms. The molecule has 0 bridgehead atoms. The summed E-state index contributed by atoms with van der Waals surface area (Å²) in [5, 5.41) is 1.98. The number of piperazine rings is 1. The predicted molar refractivity (Wildman–Crippen MR) is 59.4 cm³/mol. The second-order valence-electron chi connectivity index (χ2n) is 4.02. The highest BCUT2D eigenvalue weighted by molar-refractivity contribution is 5.35. The molecule has 0 atom stereocenters. The van der Waals surface area contributed by atoms with Crippen LogP contribution in [0.5, 0.6) is 0 Å². The van der Waals surface area contributed by atoms with Gasteiger partial charge >= 0.3 is 0 Å². The van der Waals surface area contributed by atoms with Crippen LogP contribution < -0.4 is 5.43 Å². The van der Waals surface area contributed by atoms with Gasteiger partial charge in [-0.15, -0.1) is 0 Å². The predicted octanol–water partition coefficient (Wildman–Crippen LogP) is 0.498. The van der Waals surface area contributed by atoms with Crippen molar-refractivity contribution in [1.29, 1.82) is 0 Å². The van der Waals surface area contributed by atoms with Crippen molar-refractivity contribution >= 4 is 5.82 Å². The summed E-state index contributed by atoms with van der Waals surface area (Å²) in [4.78, 5) is 9.93. The fourth-order valence-electron chi connectivity index (χ4n) is 1.60. The van der Waals surface area contributed by atoms with Crippen LogP contribution in [0, 0.1) is 12.7 Å². The number of halogens is 1. The Labute approximate surface area is 94.3 Å². The summed E-state index contributed by atoms with van der Waals surface area (Å²) in [6, 6.07) is 0. The Balaban J connectivity index is 2.01. The summed E-state index contributed by atoms with van der Waals surface area (Å²) in [6.07, 6.45) is 1.37. The monoisotopic (exact) mass is 225 g/mol. The molecule has 1 aromatic heterocycles. The van der Waals surface area contributed by atoms with Gasteiger partial charge in [0.1, 0.15) is 6.33 Å². The van der Waals surface area contributed by atoms with Gasteiger partial charge in [-0.05, 0) is 14.0 Å². The molecule has 0 unspecified atom stereocenters. The van der Waals surface area contributed by atoms with E-state index in [9.17, 15) is 4.39 Å². The summed E-state index contributed by atoms with van der Waals surface area (Å²) in [7, 11) is 2.08. The third kappa shape index (κ3) is 2.45. The number of nitrogens with one attached hydrogen (secondary N) is 1. The third-order valence-electron chi connectivity index (χ3n) is 2.73. The number of aromatic nitrogens is 2. The summed E-state index contributed by atoms with van der Waals surface area (Å²) in [5.41, 5.74) is 3.36. The summed E-state index contributed by atoms with van der Waals surface area (Å²) >= 11 is 0. The average Bonchev–Trinajstić information content (AvgIpc) is 2.28. The van der Waals surface area contributed by atoms with Gasteiger partial charge in [0.05, 0.1) is 5.69 Å². The Kier molecular flexibility index (Phi) is 3.31. The number of likely N-dealkylation sites (N-methyl/N-ethyl adjacent to an activating group) is 1. The van der Waals surface area contributed by atoms with Crippen molar-refractivity contribution in [3.8, 4) is 0 Å². The highest BCUT2D eigenvalue weighted by atomic mass is 19.1. The number of hydrazine groups is 1. The normalized spacial score (nSPS) is 18.7. The minimum absolute atomic E-state index is 0.261. The maximum atomic E-state index is 13.6. The fraction of sp³-hybridized carbons (Fsp3) is 0.600. The quantitative estimate of drug-likeness (QED) is 0.794. The molecular formula is C10H16FN5. The van der Waals surface area contributed by atoms with Crippen molar-refractivity contribution in [3.05, 3.63) is 17.8 Å². The van der Waals surface area contributed by atoms with E-state index in [1.165, 1.54) is 6.33 Å². The molecule has 0 aromatic carbocycles. The number of anilines is 1. The Bertz CT molecular complexity index is 362. The van der Waals surface area contributed by atoms with Crippen LogP contribution in [0.1, 0.15) is 5.69 Å². The van der Waals surface area contributed by atoms with Crippen LogP contribution in [-0.2, 0) is 0 Å². The number of aryl methyl sites for hydroxylation is 1. The maximum Gasteiger partial charge on any atom is 0.187 e. The lowest BCUT2D eigenvalue weighted by Crippen LogP contribution is -2.47. The van der Waals surface area contributed by atoms with E-state index in [4.69, 9.17) is 0 Å². The molecule has 1 fully saturated rings. The molecule has 0 spiro atoms. The summed E-state index contributed by atoms with van der Waals surface area (Å²) in [6.45, 7) is 5.29. The zero-order valence-corrected chi connectivity index (χ0v) is 9.57. The van der Waals surface area contributed by atoms with Crippen LogP contribution in [-0.4, -0.2) is 53.1 Å². The molecule has 0 aliphatic carbocycles. The number of nitrogens with zero attached hydrogens (tertiary/aromatic N) is 4. The second-order valence-corrected chi connectivity index (χ2v) is 4.02. The van der Waals surface area contributed by atoms with Crippen molar-refractivity contribution in [2.24, 2.45) is 0 Å². The van der Waals surface area contributed by atoms with E-state index < -0.39 is 0 Å². The van der Waals surface area contributed by atoms with Crippen LogP contribution in [0.15, 0.2) is 6.33 Å². The lowest BCUT2D eigenvalue weighted by Gasteiger charge is -2.32. The number of rotatable bonds is 2. The molecule has 0 saturated carbocycles. The SMILES string of the molecule is Cc1ncnc(NN2CCN(C)CC2)c1F. The van der Waals surface area contributed by atoms with E-state index in [1.807, 2.05) is 5.01 Å². The van der Waals surface area contributed by atoms with Gasteiger partial charge in [-0.2, -0.15) is 0 Å². The standard InChI is InChI=1S/C10H16FN5/c1-8-9(11)10(13-7-12-8)14-16-5-3-15(2)4-6-16/h7H,3-6H2,1-2H3,(H,12,13,14). The van der Waals surface area contributed by atoms with E-state index >= 15 is 0 Å². The fourth-order valence-corrected chi connectivity index (χ4v) is 1.60. The Morgan fingerprint density at radius 3 is 2.62 bits per heavy atom. The van der Waals surface area contributed by atoms with Gasteiger partial charge in [0.2, 0.25) is 0 Å². The first-order valence-electron chi connectivity index (χ1n) is 5.34. The van der Waals surface area contributed by atoms with E-state index in [0.717, 1.165) is 26.2 Å². The zero-order chi connectivity index (χ0) is 11.5. The largest absolute Gasteiger partial charge is 0.304 e. The molecule has 0 amide bonds. The first-order chi connectivity index (χ1) is 7.66. The first-order valence-corrected chi connectivity index (χ1v) is 5.34. The Hall–Kier alpha value is -1.27. The second kappa shape index (κ2) is 4.71. The zero-order valence-electron chi connectivity index (χ0n) is 9.57. The summed E-state index contributed by atoms with van der Waals surface area (Å²) < 4.78 is 13.6. The van der Waals surface area contributed by atoms with Crippen molar-refractivity contribution in [1.82, 2.24) is 19.9 Å². The molecular weight excluding hydrogens is 209 g/mol. The van der Waals surface area contributed by atoms with Crippen molar-refractivity contribution in [3.63, 3.8) is 0 Å².